The van der Waals surface area contributed by atoms with Gasteiger partial charge >= 0.3 is 0 Å². The van der Waals surface area contributed by atoms with Crippen LogP contribution in [0.25, 0.3) is 0 Å². The van der Waals surface area contributed by atoms with Gasteiger partial charge in [0.1, 0.15) is 0 Å². The molecule has 3 heteroatoms. The molecule has 1 aliphatic rings. The number of halogens is 1. The van der Waals surface area contributed by atoms with Gasteiger partial charge in [-0.15, -0.1) is 0 Å². The van der Waals surface area contributed by atoms with Crippen molar-refractivity contribution in [2.24, 2.45) is 11.8 Å². The zero-order valence-corrected chi connectivity index (χ0v) is 14.6. The number of nitrogens with zero attached hydrogens (tertiary/aromatic N) is 2. The molecule has 3 atom stereocenters. The molecule has 0 bridgehead atoms. The van der Waals surface area contributed by atoms with Crippen LogP contribution in [0.3, 0.4) is 0 Å². The van der Waals surface area contributed by atoms with Crippen LogP contribution in [0.5, 0.6) is 0 Å². The van der Waals surface area contributed by atoms with E-state index in [1.165, 1.54) is 31.2 Å². The lowest BCUT2D eigenvalue weighted by atomic mass is 9.76. The van der Waals surface area contributed by atoms with Crippen LogP contribution in [0.4, 0.5) is 0 Å². The Morgan fingerprint density at radius 2 is 2.19 bits per heavy atom. The lowest BCUT2D eigenvalue weighted by Crippen LogP contribution is -2.41. The van der Waals surface area contributed by atoms with Gasteiger partial charge in [-0.05, 0) is 49.9 Å². The van der Waals surface area contributed by atoms with Crippen LogP contribution in [0, 0.1) is 23.2 Å². The molecule has 0 aromatic heterocycles. The molecule has 1 fully saturated rings. The molecule has 0 spiro atoms. The number of rotatable bonds is 5. The van der Waals surface area contributed by atoms with E-state index in [1.54, 1.807) is 0 Å². The third-order valence-corrected chi connectivity index (χ3v) is 5.17. The van der Waals surface area contributed by atoms with Crippen molar-refractivity contribution < 1.29 is 0 Å². The number of hydrogen-bond acceptors (Lipinski definition) is 2. The Morgan fingerprint density at radius 1 is 1.38 bits per heavy atom. The first kappa shape index (κ1) is 16.5. The van der Waals surface area contributed by atoms with E-state index in [1.807, 2.05) is 0 Å². The Labute approximate surface area is 137 Å². The van der Waals surface area contributed by atoms with Gasteiger partial charge in [-0.2, -0.15) is 5.26 Å². The van der Waals surface area contributed by atoms with Crippen molar-refractivity contribution in [2.45, 2.75) is 51.6 Å². The number of hydrogen-bond donors (Lipinski definition) is 0. The van der Waals surface area contributed by atoms with Gasteiger partial charge in [0.05, 0.1) is 12.0 Å². The lowest BCUT2D eigenvalue weighted by molar-refractivity contribution is 0.116. The fourth-order valence-corrected chi connectivity index (χ4v) is 4.03. The Kier molecular flexibility index (Phi) is 6.26. The summed E-state index contributed by atoms with van der Waals surface area (Å²) in [6.07, 6.45) is 6.03. The highest BCUT2D eigenvalue weighted by atomic mass is 79.9. The van der Waals surface area contributed by atoms with Crippen molar-refractivity contribution >= 4 is 15.9 Å². The summed E-state index contributed by atoms with van der Waals surface area (Å²) < 4.78 is 1.12. The quantitative estimate of drug-likeness (QED) is 0.749. The van der Waals surface area contributed by atoms with Crippen molar-refractivity contribution in [3.05, 3.63) is 34.3 Å². The number of nitriles is 1. The second kappa shape index (κ2) is 7.96. The van der Waals surface area contributed by atoms with E-state index >= 15 is 0 Å². The molecule has 21 heavy (non-hydrogen) atoms. The van der Waals surface area contributed by atoms with Crippen molar-refractivity contribution in [3.8, 4) is 6.07 Å². The maximum absolute atomic E-state index is 9.45. The fraction of sp³-hybridized carbons (Fsp3) is 0.611. The summed E-state index contributed by atoms with van der Waals surface area (Å²) in [6.45, 7) is 3.18. The second-order valence-electron chi connectivity index (χ2n) is 6.32. The van der Waals surface area contributed by atoms with E-state index in [0.717, 1.165) is 23.4 Å². The zero-order chi connectivity index (χ0) is 15.2. The molecular weight excluding hydrogens is 324 g/mol. The van der Waals surface area contributed by atoms with Gasteiger partial charge in [0, 0.05) is 17.1 Å². The first-order chi connectivity index (χ1) is 10.1. The van der Waals surface area contributed by atoms with Gasteiger partial charge in [0.15, 0.2) is 0 Å². The minimum Gasteiger partial charge on any atom is -0.298 e. The molecule has 1 aliphatic carbocycles. The van der Waals surface area contributed by atoms with Crippen LogP contribution in [-0.2, 0) is 6.54 Å². The monoisotopic (exact) mass is 348 g/mol. The smallest absolute Gasteiger partial charge is 0.0672 e. The van der Waals surface area contributed by atoms with Gasteiger partial charge in [-0.3, -0.25) is 4.90 Å². The minimum absolute atomic E-state index is 0.190. The molecule has 0 heterocycles. The molecule has 2 nitrogen and oxygen atoms in total. The first-order valence-corrected chi connectivity index (χ1v) is 8.77. The van der Waals surface area contributed by atoms with Crippen molar-refractivity contribution in [1.29, 1.82) is 5.26 Å². The van der Waals surface area contributed by atoms with E-state index in [9.17, 15) is 5.26 Å². The Balaban J connectivity index is 2.03. The summed E-state index contributed by atoms with van der Waals surface area (Å²) in [7, 11) is 2.17. The fourth-order valence-electron chi connectivity index (χ4n) is 3.58. The summed E-state index contributed by atoms with van der Waals surface area (Å²) >= 11 is 3.53. The van der Waals surface area contributed by atoms with E-state index < -0.39 is 0 Å². The predicted molar refractivity (Wildman–Crippen MR) is 90.7 cm³/mol. The third kappa shape index (κ3) is 4.56. The normalized spacial score (nSPS) is 25.8. The minimum atomic E-state index is 0.190. The molecule has 1 saturated carbocycles. The van der Waals surface area contributed by atoms with Crippen molar-refractivity contribution in [2.75, 3.05) is 7.05 Å². The molecule has 0 saturated heterocycles. The topological polar surface area (TPSA) is 27.0 Å². The summed E-state index contributed by atoms with van der Waals surface area (Å²) in [4.78, 5) is 2.39. The molecule has 114 valence electrons. The van der Waals surface area contributed by atoms with E-state index in [4.69, 9.17) is 0 Å². The summed E-state index contributed by atoms with van der Waals surface area (Å²) in [5, 5.41) is 9.45. The summed E-state index contributed by atoms with van der Waals surface area (Å²) in [5.74, 6) is 0.991. The molecular formula is C18H25BrN2. The van der Waals surface area contributed by atoms with Crippen LogP contribution >= 0.6 is 15.9 Å². The average molecular weight is 349 g/mol. The van der Waals surface area contributed by atoms with Crippen LogP contribution < -0.4 is 0 Å². The van der Waals surface area contributed by atoms with Gasteiger partial charge in [-0.25, -0.2) is 0 Å². The molecule has 3 unspecified atom stereocenters. The van der Waals surface area contributed by atoms with E-state index in [0.29, 0.717) is 6.04 Å². The van der Waals surface area contributed by atoms with Crippen LogP contribution in [-0.4, -0.2) is 18.0 Å². The van der Waals surface area contributed by atoms with Crippen molar-refractivity contribution in [1.82, 2.24) is 4.90 Å². The Hall–Kier alpha value is -0.850. The SMILES string of the molecule is CCCC1CCC(C#N)C(N(C)Cc2cccc(Br)c2)C1. The molecule has 0 radical (unpaired) electrons. The third-order valence-electron chi connectivity index (χ3n) is 4.68. The Bertz CT molecular complexity index is 494. The highest BCUT2D eigenvalue weighted by Crippen LogP contribution is 2.34. The van der Waals surface area contributed by atoms with E-state index in [2.05, 4.69) is 65.1 Å². The van der Waals surface area contributed by atoms with Gasteiger partial charge in [0.25, 0.3) is 0 Å². The standard InChI is InChI=1S/C18H25BrN2/c1-3-5-14-8-9-16(12-20)18(11-14)21(2)13-15-6-4-7-17(19)10-15/h4,6-7,10,14,16,18H,3,5,8-9,11,13H2,1-2H3. The lowest BCUT2D eigenvalue weighted by Gasteiger charge is -2.38. The van der Waals surface area contributed by atoms with Crippen LogP contribution in [0.2, 0.25) is 0 Å². The molecule has 1 aromatic carbocycles. The van der Waals surface area contributed by atoms with Gasteiger partial charge in [0.2, 0.25) is 0 Å². The largest absolute Gasteiger partial charge is 0.298 e. The van der Waals surface area contributed by atoms with Crippen molar-refractivity contribution in [3.63, 3.8) is 0 Å². The average Bonchev–Trinajstić information content (AvgIpc) is 2.47. The van der Waals surface area contributed by atoms with Gasteiger partial charge in [-0.1, -0.05) is 47.8 Å². The van der Waals surface area contributed by atoms with Crippen LogP contribution in [0.1, 0.15) is 44.6 Å². The Morgan fingerprint density at radius 3 is 2.86 bits per heavy atom. The molecule has 1 aromatic rings. The molecule has 0 N–H and O–H groups in total. The highest BCUT2D eigenvalue weighted by Gasteiger charge is 2.32. The first-order valence-electron chi connectivity index (χ1n) is 7.98. The molecule has 0 amide bonds. The van der Waals surface area contributed by atoms with Crippen LogP contribution in [0.15, 0.2) is 28.7 Å². The molecule has 0 aliphatic heterocycles. The number of benzene rings is 1. The van der Waals surface area contributed by atoms with Gasteiger partial charge < -0.3 is 0 Å². The maximum Gasteiger partial charge on any atom is 0.0672 e. The second-order valence-corrected chi connectivity index (χ2v) is 7.23. The highest BCUT2D eigenvalue weighted by molar-refractivity contribution is 9.10. The molecule has 2 rings (SSSR count). The maximum atomic E-state index is 9.45. The summed E-state index contributed by atoms with van der Waals surface area (Å²) in [6, 6.07) is 11.4. The van der Waals surface area contributed by atoms with E-state index in [-0.39, 0.29) is 5.92 Å². The zero-order valence-electron chi connectivity index (χ0n) is 13.1. The predicted octanol–water partition coefficient (Wildman–Crippen LogP) is 4.99. The summed E-state index contributed by atoms with van der Waals surface area (Å²) in [5.41, 5.74) is 1.31.